The second-order valence-corrected chi connectivity index (χ2v) is 8.08. The Labute approximate surface area is 166 Å². The van der Waals surface area contributed by atoms with Crippen molar-refractivity contribution in [1.29, 1.82) is 0 Å². The van der Waals surface area contributed by atoms with Gasteiger partial charge in [0.05, 0.1) is 16.6 Å². The topological polar surface area (TPSA) is 32.3 Å². The van der Waals surface area contributed by atoms with Crippen molar-refractivity contribution in [3.05, 3.63) is 62.5 Å². The smallest absolute Gasteiger partial charge is 0.228 e. The molecule has 2 aromatic carbocycles. The van der Waals surface area contributed by atoms with Gasteiger partial charge in [-0.25, -0.2) is 0 Å². The molecule has 1 unspecified atom stereocenters. The lowest BCUT2D eigenvalue weighted by atomic mass is 9.96. The van der Waals surface area contributed by atoms with Crippen molar-refractivity contribution in [1.82, 2.24) is 4.90 Å². The van der Waals surface area contributed by atoms with Crippen LogP contribution in [-0.4, -0.2) is 23.9 Å². The molecular formula is C19H19BrCl2N2O. The molecule has 1 atom stereocenters. The van der Waals surface area contributed by atoms with Crippen LogP contribution in [0.15, 0.2) is 46.9 Å². The molecule has 0 spiro atoms. The van der Waals surface area contributed by atoms with E-state index in [1.807, 2.05) is 12.1 Å². The molecule has 1 aliphatic heterocycles. The van der Waals surface area contributed by atoms with Gasteiger partial charge in [0.15, 0.2) is 0 Å². The van der Waals surface area contributed by atoms with E-state index in [9.17, 15) is 4.79 Å². The second-order valence-electron chi connectivity index (χ2n) is 6.32. The van der Waals surface area contributed by atoms with E-state index < -0.39 is 0 Å². The lowest BCUT2D eigenvalue weighted by Crippen LogP contribution is -2.40. The van der Waals surface area contributed by atoms with Crippen molar-refractivity contribution in [3.8, 4) is 0 Å². The molecule has 3 nitrogen and oxygen atoms in total. The van der Waals surface area contributed by atoms with Crippen molar-refractivity contribution < 1.29 is 4.79 Å². The first kappa shape index (κ1) is 18.7. The monoisotopic (exact) mass is 440 g/mol. The quantitative estimate of drug-likeness (QED) is 0.668. The molecule has 1 N–H and O–H groups in total. The van der Waals surface area contributed by atoms with Gasteiger partial charge >= 0.3 is 0 Å². The van der Waals surface area contributed by atoms with Crippen molar-refractivity contribution in [2.24, 2.45) is 5.92 Å². The Morgan fingerprint density at radius 3 is 2.88 bits per heavy atom. The van der Waals surface area contributed by atoms with Gasteiger partial charge in [-0.3, -0.25) is 9.69 Å². The van der Waals surface area contributed by atoms with Crippen LogP contribution < -0.4 is 5.32 Å². The third-order valence-corrected chi connectivity index (χ3v) is 5.42. The van der Waals surface area contributed by atoms with Crippen LogP contribution in [0.4, 0.5) is 5.69 Å². The number of halogens is 3. The Morgan fingerprint density at radius 1 is 1.24 bits per heavy atom. The molecule has 1 fully saturated rings. The molecule has 132 valence electrons. The van der Waals surface area contributed by atoms with Crippen LogP contribution in [0.2, 0.25) is 10.0 Å². The highest BCUT2D eigenvalue weighted by molar-refractivity contribution is 9.10. The first-order valence-electron chi connectivity index (χ1n) is 8.24. The summed E-state index contributed by atoms with van der Waals surface area (Å²) in [6.45, 7) is 2.60. The van der Waals surface area contributed by atoms with Gasteiger partial charge in [-0.15, -0.1) is 0 Å². The van der Waals surface area contributed by atoms with E-state index in [1.54, 1.807) is 18.2 Å². The standard InChI is InChI=1S/C19H19BrCl2N2O/c20-15-5-1-3-13(9-15)11-24-8-2-4-14(12-24)19(25)23-18-10-16(21)6-7-17(18)22/h1,3,5-7,9-10,14H,2,4,8,11-12H2,(H,23,25). The SMILES string of the molecule is O=C(Nc1cc(Cl)ccc1Cl)C1CCCN(Cc2cccc(Br)c2)C1. The summed E-state index contributed by atoms with van der Waals surface area (Å²) in [5, 5.41) is 3.98. The molecule has 25 heavy (non-hydrogen) atoms. The lowest BCUT2D eigenvalue weighted by Gasteiger charge is -2.32. The first-order valence-corrected chi connectivity index (χ1v) is 9.79. The number of carbonyl (C=O) groups excluding carboxylic acids is 1. The van der Waals surface area contributed by atoms with E-state index >= 15 is 0 Å². The summed E-state index contributed by atoms with van der Waals surface area (Å²) in [7, 11) is 0. The van der Waals surface area contributed by atoms with Crippen molar-refractivity contribution >= 4 is 50.7 Å². The highest BCUT2D eigenvalue weighted by atomic mass is 79.9. The number of hydrogen-bond donors (Lipinski definition) is 1. The Hall–Kier alpha value is -1.07. The van der Waals surface area contributed by atoms with Crippen LogP contribution in [-0.2, 0) is 11.3 Å². The normalized spacial score (nSPS) is 18.1. The van der Waals surface area contributed by atoms with Crippen molar-refractivity contribution in [3.63, 3.8) is 0 Å². The summed E-state index contributed by atoms with van der Waals surface area (Å²) in [6.07, 6.45) is 1.90. The van der Waals surface area contributed by atoms with Crippen molar-refractivity contribution in [2.45, 2.75) is 19.4 Å². The highest BCUT2D eigenvalue weighted by Gasteiger charge is 2.26. The van der Waals surface area contributed by atoms with Gasteiger partial charge in [-0.1, -0.05) is 51.3 Å². The molecule has 1 heterocycles. The predicted molar refractivity (Wildman–Crippen MR) is 107 cm³/mol. The van der Waals surface area contributed by atoms with E-state index in [0.717, 1.165) is 36.9 Å². The number of hydrogen-bond acceptors (Lipinski definition) is 2. The Balaban J connectivity index is 1.62. The second kappa shape index (κ2) is 8.54. The van der Waals surface area contributed by atoms with Crippen LogP contribution in [0.25, 0.3) is 0 Å². The van der Waals surface area contributed by atoms with Crippen molar-refractivity contribution in [2.75, 3.05) is 18.4 Å². The average Bonchev–Trinajstić information content (AvgIpc) is 2.58. The van der Waals surface area contributed by atoms with E-state index in [-0.39, 0.29) is 11.8 Å². The van der Waals surface area contributed by atoms with E-state index in [2.05, 4.69) is 38.3 Å². The largest absolute Gasteiger partial charge is 0.324 e. The van der Waals surface area contributed by atoms with Crippen LogP contribution in [0.1, 0.15) is 18.4 Å². The maximum absolute atomic E-state index is 12.6. The molecule has 1 amide bonds. The molecule has 0 radical (unpaired) electrons. The van der Waals surface area contributed by atoms with E-state index in [4.69, 9.17) is 23.2 Å². The number of anilines is 1. The third-order valence-electron chi connectivity index (χ3n) is 4.36. The zero-order valence-electron chi connectivity index (χ0n) is 13.6. The maximum Gasteiger partial charge on any atom is 0.228 e. The number of nitrogens with one attached hydrogen (secondary N) is 1. The van der Waals surface area contributed by atoms with E-state index in [1.165, 1.54) is 5.56 Å². The van der Waals surface area contributed by atoms with Crippen LogP contribution in [0, 0.1) is 5.92 Å². The van der Waals surface area contributed by atoms with Gasteiger partial charge in [-0.05, 0) is 55.3 Å². The lowest BCUT2D eigenvalue weighted by molar-refractivity contribution is -0.121. The molecule has 0 aromatic heterocycles. The molecule has 0 aliphatic carbocycles. The maximum atomic E-state index is 12.6. The van der Waals surface area contributed by atoms with Gasteiger partial charge in [-0.2, -0.15) is 0 Å². The molecule has 3 rings (SSSR count). The molecule has 6 heteroatoms. The Morgan fingerprint density at radius 2 is 2.08 bits per heavy atom. The zero-order chi connectivity index (χ0) is 17.8. The van der Waals surface area contributed by atoms with Crippen LogP contribution in [0.5, 0.6) is 0 Å². The summed E-state index contributed by atoms with van der Waals surface area (Å²) >= 11 is 15.6. The summed E-state index contributed by atoms with van der Waals surface area (Å²) in [5.41, 5.74) is 1.82. The predicted octanol–water partition coefficient (Wildman–Crippen LogP) is 5.61. The molecule has 1 saturated heterocycles. The highest BCUT2D eigenvalue weighted by Crippen LogP contribution is 2.27. The number of nitrogens with zero attached hydrogens (tertiary/aromatic N) is 1. The van der Waals surface area contributed by atoms with E-state index in [0.29, 0.717) is 15.7 Å². The first-order chi connectivity index (χ1) is 12.0. The minimum Gasteiger partial charge on any atom is -0.324 e. The van der Waals surface area contributed by atoms with Gasteiger partial charge in [0.2, 0.25) is 5.91 Å². The fourth-order valence-corrected chi connectivity index (χ4v) is 3.92. The van der Waals surface area contributed by atoms with Crippen LogP contribution >= 0.6 is 39.1 Å². The average molecular weight is 442 g/mol. The number of carbonyl (C=O) groups is 1. The third kappa shape index (κ3) is 5.20. The van der Waals surface area contributed by atoms with Gasteiger partial charge < -0.3 is 5.32 Å². The fourth-order valence-electron chi connectivity index (χ4n) is 3.13. The number of rotatable bonds is 4. The number of amides is 1. The van der Waals surface area contributed by atoms with Gasteiger partial charge in [0.25, 0.3) is 0 Å². The minimum atomic E-state index is -0.0454. The number of piperidine rings is 1. The van der Waals surface area contributed by atoms with Gasteiger partial charge in [0, 0.05) is 22.6 Å². The summed E-state index contributed by atoms with van der Waals surface area (Å²) in [4.78, 5) is 15.0. The van der Waals surface area contributed by atoms with Gasteiger partial charge in [0.1, 0.15) is 0 Å². The molecule has 0 saturated carbocycles. The zero-order valence-corrected chi connectivity index (χ0v) is 16.7. The molecule has 1 aliphatic rings. The summed E-state index contributed by atoms with van der Waals surface area (Å²) in [6, 6.07) is 13.4. The Kier molecular flexibility index (Phi) is 6.39. The number of benzene rings is 2. The summed E-state index contributed by atoms with van der Waals surface area (Å²) in [5.74, 6) is -0.0425. The minimum absolute atomic E-state index is 0.00288. The number of likely N-dealkylation sites (tertiary alicyclic amines) is 1. The van der Waals surface area contributed by atoms with Crippen LogP contribution in [0.3, 0.4) is 0 Å². The fraction of sp³-hybridized carbons (Fsp3) is 0.316. The molecule has 2 aromatic rings. The Bertz CT molecular complexity index is 769. The molecule has 0 bridgehead atoms. The molecular weight excluding hydrogens is 423 g/mol. The summed E-state index contributed by atoms with van der Waals surface area (Å²) < 4.78 is 1.08.